The van der Waals surface area contributed by atoms with Crippen LogP contribution in [0, 0.1) is 13.8 Å². The highest BCUT2D eigenvalue weighted by Crippen LogP contribution is 2.26. The van der Waals surface area contributed by atoms with E-state index >= 15 is 0 Å². The van der Waals surface area contributed by atoms with E-state index in [1.165, 1.54) is 0 Å². The third-order valence-electron chi connectivity index (χ3n) is 2.76. The van der Waals surface area contributed by atoms with Gasteiger partial charge < -0.3 is 14.1 Å². The number of rotatable bonds is 2. The molecule has 0 spiro atoms. The van der Waals surface area contributed by atoms with Gasteiger partial charge in [-0.1, -0.05) is 0 Å². The first-order valence-electron chi connectivity index (χ1n) is 4.97. The number of aromatic nitrogens is 1. The molecule has 2 aromatic heterocycles. The molecule has 4 nitrogen and oxygen atoms in total. The van der Waals surface area contributed by atoms with Gasteiger partial charge >= 0.3 is 5.97 Å². The number of aryl methyl sites for hydroxylation is 1. The van der Waals surface area contributed by atoms with E-state index in [1.54, 1.807) is 13.0 Å². The summed E-state index contributed by atoms with van der Waals surface area (Å²) in [7, 11) is 1.83. The molecule has 0 atom stereocenters. The largest absolute Gasteiger partial charge is 0.478 e. The van der Waals surface area contributed by atoms with Crippen LogP contribution in [0.25, 0.3) is 11.5 Å². The minimum absolute atomic E-state index is 0.312. The van der Waals surface area contributed by atoms with Crippen LogP contribution in [0.3, 0.4) is 0 Å². The van der Waals surface area contributed by atoms with Gasteiger partial charge in [-0.3, -0.25) is 0 Å². The number of nitrogens with zero attached hydrogens (tertiary/aromatic N) is 1. The van der Waals surface area contributed by atoms with Crippen LogP contribution in [-0.4, -0.2) is 15.6 Å². The normalized spacial score (nSPS) is 10.7. The maximum atomic E-state index is 11.0. The van der Waals surface area contributed by atoms with Crippen LogP contribution in [0.4, 0.5) is 0 Å². The lowest BCUT2D eigenvalue weighted by atomic mass is 10.2. The molecule has 2 heterocycles. The van der Waals surface area contributed by atoms with Gasteiger partial charge in [0.15, 0.2) is 5.76 Å². The monoisotopic (exact) mass is 219 g/mol. The van der Waals surface area contributed by atoms with E-state index in [2.05, 4.69) is 0 Å². The summed E-state index contributed by atoms with van der Waals surface area (Å²) in [4.78, 5) is 11.0. The number of aromatic carboxylic acids is 1. The fraction of sp³-hybridized carbons (Fsp3) is 0.250. The lowest BCUT2D eigenvalue weighted by Crippen LogP contribution is -1.99. The van der Waals surface area contributed by atoms with Crippen molar-refractivity contribution < 1.29 is 14.3 Å². The van der Waals surface area contributed by atoms with Crippen molar-refractivity contribution in [2.24, 2.45) is 7.05 Å². The second kappa shape index (κ2) is 3.56. The quantitative estimate of drug-likeness (QED) is 0.844. The number of carboxylic acid groups (broad SMARTS) is 1. The van der Waals surface area contributed by atoms with Gasteiger partial charge in [-0.05, 0) is 32.0 Å². The third-order valence-corrected chi connectivity index (χ3v) is 2.76. The topological polar surface area (TPSA) is 55.4 Å². The Morgan fingerprint density at radius 3 is 2.50 bits per heavy atom. The molecule has 84 valence electrons. The van der Waals surface area contributed by atoms with E-state index in [1.807, 2.05) is 30.7 Å². The molecular formula is C12H13NO3. The van der Waals surface area contributed by atoms with Gasteiger partial charge in [-0.2, -0.15) is 0 Å². The standard InChI is InChI=1S/C12H13NO3/c1-7-4-5-11(16-7)10-6-9(12(14)15)8(2)13(10)3/h4-6H,1-3H3,(H,14,15). The molecule has 0 radical (unpaired) electrons. The first-order chi connectivity index (χ1) is 7.50. The number of furan rings is 1. The Morgan fingerprint density at radius 2 is 2.06 bits per heavy atom. The van der Waals surface area contributed by atoms with Crippen molar-refractivity contribution in [3.05, 3.63) is 35.2 Å². The molecule has 0 amide bonds. The number of hydrogen-bond acceptors (Lipinski definition) is 2. The molecule has 0 saturated carbocycles. The van der Waals surface area contributed by atoms with Crippen molar-refractivity contribution in [2.45, 2.75) is 13.8 Å². The van der Waals surface area contributed by atoms with E-state index in [9.17, 15) is 4.79 Å². The average Bonchev–Trinajstić information content (AvgIpc) is 2.74. The first-order valence-corrected chi connectivity index (χ1v) is 4.97. The fourth-order valence-electron chi connectivity index (χ4n) is 1.72. The van der Waals surface area contributed by atoms with Gasteiger partial charge in [0.1, 0.15) is 5.76 Å². The predicted octanol–water partition coefficient (Wildman–Crippen LogP) is 2.60. The van der Waals surface area contributed by atoms with E-state index in [0.29, 0.717) is 11.3 Å². The van der Waals surface area contributed by atoms with E-state index < -0.39 is 5.97 Å². The zero-order valence-corrected chi connectivity index (χ0v) is 9.44. The van der Waals surface area contributed by atoms with Gasteiger partial charge in [0.05, 0.1) is 11.3 Å². The minimum Gasteiger partial charge on any atom is -0.478 e. The van der Waals surface area contributed by atoms with E-state index in [-0.39, 0.29) is 0 Å². The van der Waals surface area contributed by atoms with E-state index in [4.69, 9.17) is 9.52 Å². The van der Waals surface area contributed by atoms with Crippen molar-refractivity contribution in [2.75, 3.05) is 0 Å². The molecule has 2 rings (SSSR count). The Morgan fingerprint density at radius 1 is 1.38 bits per heavy atom. The molecule has 0 aliphatic heterocycles. The predicted molar refractivity (Wildman–Crippen MR) is 59.5 cm³/mol. The lowest BCUT2D eigenvalue weighted by molar-refractivity contribution is 0.0696. The van der Waals surface area contributed by atoms with Crippen LogP contribution in [0.15, 0.2) is 22.6 Å². The molecule has 16 heavy (non-hydrogen) atoms. The smallest absolute Gasteiger partial charge is 0.337 e. The molecule has 0 bridgehead atoms. The second-order valence-electron chi connectivity index (χ2n) is 3.80. The number of carbonyl (C=O) groups is 1. The molecular weight excluding hydrogens is 206 g/mol. The molecule has 0 unspecified atom stereocenters. The lowest BCUT2D eigenvalue weighted by Gasteiger charge is -2.01. The van der Waals surface area contributed by atoms with Gasteiger partial charge in [0.2, 0.25) is 0 Å². The summed E-state index contributed by atoms with van der Waals surface area (Å²) < 4.78 is 7.31. The molecule has 0 fully saturated rings. The third kappa shape index (κ3) is 1.52. The molecule has 0 aromatic carbocycles. The molecule has 0 saturated heterocycles. The first kappa shape index (κ1) is 10.5. The van der Waals surface area contributed by atoms with Crippen LogP contribution >= 0.6 is 0 Å². The summed E-state index contributed by atoms with van der Waals surface area (Å²) >= 11 is 0. The maximum absolute atomic E-state index is 11.0. The van der Waals surface area contributed by atoms with Crippen LogP contribution < -0.4 is 0 Å². The molecule has 1 N–H and O–H groups in total. The second-order valence-corrected chi connectivity index (χ2v) is 3.80. The Bertz CT molecular complexity index is 549. The highest BCUT2D eigenvalue weighted by atomic mass is 16.4. The van der Waals surface area contributed by atoms with Crippen molar-refractivity contribution >= 4 is 5.97 Å². The van der Waals surface area contributed by atoms with Crippen molar-refractivity contribution in [1.29, 1.82) is 0 Å². The van der Waals surface area contributed by atoms with Crippen LogP contribution in [0.1, 0.15) is 21.8 Å². The fourth-order valence-corrected chi connectivity index (χ4v) is 1.72. The summed E-state index contributed by atoms with van der Waals surface area (Å²) in [5.74, 6) is 0.587. The maximum Gasteiger partial charge on any atom is 0.337 e. The van der Waals surface area contributed by atoms with Crippen LogP contribution in [0.2, 0.25) is 0 Å². The molecule has 0 aliphatic rings. The Hall–Kier alpha value is -1.97. The van der Waals surface area contributed by atoms with Gasteiger partial charge in [-0.15, -0.1) is 0 Å². The Kier molecular flexibility index (Phi) is 2.34. The Labute approximate surface area is 93.1 Å². The van der Waals surface area contributed by atoms with Crippen molar-refractivity contribution in [3.63, 3.8) is 0 Å². The van der Waals surface area contributed by atoms with Crippen molar-refractivity contribution in [3.8, 4) is 11.5 Å². The molecule has 4 heteroatoms. The zero-order chi connectivity index (χ0) is 11.9. The van der Waals surface area contributed by atoms with Gasteiger partial charge in [0.25, 0.3) is 0 Å². The highest BCUT2D eigenvalue weighted by Gasteiger charge is 2.17. The molecule has 2 aromatic rings. The summed E-state index contributed by atoms with van der Waals surface area (Å²) in [6, 6.07) is 5.34. The van der Waals surface area contributed by atoms with Gasteiger partial charge in [-0.25, -0.2) is 4.79 Å². The Balaban J connectivity index is 2.58. The molecule has 0 aliphatic carbocycles. The van der Waals surface area contributed by atoms with Crippen molar-refractivity contribution in [1.82, 2.24) is 4.57 Å². The number of hydrogen-bond donors (Lipinski definition) is 1. The zero-order valence-electron chi connectivity index (χ0n) is 9.44. The summed E-state index contributed by atoms with van der Waals surface area (Å²) in [5.41, 5.74) is 1.81. The van der Waals surface area contributed by atoms with Crippen LogP contribution in [0.5, 0.6) is 0 Å². The number of carboxylic acids is 1. The SMILES string of the molecule is Cc1ccc(-c2cc(C(=O)O)c(C)n2C)o1. The summed E-state index contributed by atoms with van der Waals surface area (Å²) in [5, 5.41) is 9.01. The summed E-state index contributed by atoms with van der Waals surface area (Å²) in [6.07, 6.45) is 0. The summed E-state index contributed by atoms with van der Waals surface area (Å²) in [6.45, 7) is 3.64. The highest BCUT2D eigenvalue weighted by molar-refractivity contribution is 5.90. The average molecular weight is 219 g/mol. The van der Waals surface area contributed by atoms with Gasteiger partial charge in [0, 0.05) is 12.7 Å². The van der Waals surface area contributed by atoms with Crippen LogP contribution in [-0.2, 0) is 7.05 Å². The van der Waals surface area contributed by atoms with E-state index in [0.717, 1.165) is 17.1 Å². The minimum atomic E-state index is -0.914.